The van der Waals surface area contributed by atoms with Gasteiger partial charge in [-0.2, -0.15) is 5.10 Å². The molecule has 2 aromatic heterocycles. The van der Waals surface area contributed by atoms with Crippen LogP contribution >= 0.6 is 0 Å². The molecular weight excluding hydrogens is 302 g/mol. The molecule has 6 heteroatoms. The van der Waals surface area contributed by atoms with Gasteiger partial charge in [0.1, 0.15) is 5.82 Å². The minimum atomic E-state index is -0.207. The number of amides is 1. The fourth-order valence-corrected chi connectivity index (χ4v) is 3.30. The van der Waals surface area contributed by atoms with Crippen LogP contribution in [0.5, 0.6) is 0 Å². The minimum Gasteiger partial charge on any atom is -0.311 e. The van der Waals surface area contributed by atoms with Crippen LogP contribution in [0.15, 0.2) is 36.8 Å². The van der Waals surface area contributed by atoms with Crippen molar-refractivity contribution in [1.82, 2.24) is 19.7 Å². The molecule has 3 heterocycles. The number of carbonyl (C=O) groups is 1. The van der Waals surface area contributed by atoms with E-state index in [1.807, 2.05) is 29.1 Å². The van der Waals surface area contributed by atoms with Crippen molar-refractivity contribution in [3.05, 3.63) is 47.9 Å². The molecule has 0 unspecified atom stereocenters. The van der Waals surface area contributed by atoms with Gasteiger partial charge in [0, 0.05) is 30.3 Å². The maximum absolute atomic E-state index is 12.3. The summed E-state index contributed by atoms with van der Waals surface area (Å²) in [6.45, 7) is 6.21. The van der Waals surface area contributed by atoms with Gasteiger partial charge in [-0.25, -0.2) is 4.68 Å². The zero-order valence-corrected chi connectivity index (χ0v) is 13.9. The van der Waals surface area contributed by atoms with E-state index in [0.717, 1.165) is 28.0 Å². The number of nitrogens with one attached hydrogen (secondary N) is 1. The number of anilines is 1. The van der Waals surface area contributed by atoms with E-state index in [1.54, 1.807) is 12.4 Å². The monoisotopic (exact) mass is 321 g/mol. The number of fused-ring (bicyclic) bond motifs is 2. The Kier molecular flexibility index (Phi) is 3.16. The Morgan fingerprint density at radius 1 is 1.17 bits per heavy atom. The zero-order chi connectivity index (χ0) is 16.9. The average molecular weight is 321 g/mol. The van der Waals surface area contributed by atoms with Crippen LogP contribution in [0.25, 0.3) is 11.0 Å². The van der Waals surface area contributed by atoms with Gasteiger partial charge in [-0.3, -0.25) is 14.8 Å². The van der Waals surface area contributed by atoms with Crippen LogP contribution < -0.4 is 5.32 Å². The maximum Gasteiger partial charge on any atom is 0.226 e. The van der Waals surface area contributed by atoms with Crippen LogP contribution in [0, 0.1) is 0 Å². The second kappa shape index (κ2) is 5.12. The average Bonchev–Trinajstić information content (AvgIpc) is 2.97. The number of benzene rings is 1. The molecule has 0 radical (unpaired) electrons. The molecule has 1 atom stereocenters. The Hall–Kier alpha value is -2.76. The van der Waals surface area contributed by atoms with Gasteiger partial charge >= 0.3 is 0 Å². The lowest BCUT2D eigenvalue weighted by Gasteiger charge is -2.28. The van der Waals surface area contributed by atoms with Crippen molar-refractivity contribution >= 4 is 22.8 Å². The summed E-state index contributed by atoms with van der Waals surface area (Å²) >= 11 is 0. The predicted molar refractivity (Wildman–Crippen MR) is 91.9 cm³/mol. The first-order valence-corrected chi connectivity index (χ1v) is 8.03. The van der Waals surface area contributed by atoms with Gasteiger partial charge in [0.15, 0.2) is 0 Å². The summed E-state index contributed by atoms with van der Waals surface area (Å²) in [6, 6.07) is 5.93. The molecule has 0 saturated heterocycles. The van der Waals surface area contributed by atoms with Crippen LogP contribution in [0.2, 0.25) is 0 Å². The van der Waals surface area contributed by atoms with E-state index in [-0.39, 0.29) is 17.4 Å². The van der Waals surface area contributed by atoms with Crippen molar-refractivity contribution in [2.75, 3.05) is 5.32 Å². The summed E-state index contributed by atoms with van der Waals surface area (Å²) < 4.78 is 1.88. The van der Waals surface area contributed by atoms with Crippen molar-refractivity contribution in [2.45, 2.75) is 38.6 Å². The first-order chi connectivity index (χ1) is 11.4. The molecule has 1 amide bonds. The molecule has 0 aliphatic carbocycles. The van der Waals surface area contributed by atoms with Gasteiger partial charge in [0.05, 0.1) is 22.8 Å². The van der Waals surface area contributed by atoms with E-state index in [1.165, 1.54) is 0 Å². The van der Waals surface area contributed by atoms with Crippen LogP contribution in [0.4, 0.5) is 5.82 Å². The maximum atomic E-state index is 12.3. The van der Waals surface area contributed by atoms with E-state index in [0.29, 0.717) is 6.42 Å². The van der Waals surface area contributed by atoms with Gasteiger partial charge in [-0.05, 0) is 32.4 Å². The number of para-hydroxylation sites is 1. The molecule has 1 aromatic carbocycles. The summed E-state index contributed by atoms with van der Waals surface area (Å²) in [5.74, 6) is 0.717. The first-order valence-electron chi connectivity index (χ1n) is 8.03. The molecule has 0 fully saturated rings. The SMILES string of the molecule is CC(C)(C)n1ncc2c1NC(=O)C[C@@H]2c1cccc2nccnc12. The van der Waals surface area contributed by atoms with E-state index < -0.39 is 0 Å². The Bertz CT molecular complexity index is 933. The molecule has 4 rings (SSSR count). The number of aromatic nitrogens is 4. The highest BCUT2D eigenvalue weighted by Crippen LogP contribution is 2.40. The molecule has 1 N–H and O–H groups in total. The minimum absolute atomic E-state index is 0.000562. The number of rotatable bonds is 1. The number of nitrogens with zero attached hydrogens (tertiary/aromatic N) is 4. The third-order valence-corrected chi connectivity index (χ3v) is 4.36. The van der Waals surface area contributed by atoms with Gasteiger partial charge < -0.3 is 5.32 Å². The van der Waals surface area contributed by atoms with Crippen molar-refractivity contribution in [3.63, 3.8) is 0 Å². The fourth-order valence-electron chi connectivity index (χ4n) is 3.30. The quantitative estimate of drug-likeness (QED) is 0.747. The third-order valence-electron chi connectivity index (χ3n) is 4.36. The van der Waals surface area contributed by atoms with Crippen LogP contribution in [-0.4, -0.2) is 25.7 Å². The Morgan fingerprint density at radius 2 is 1.96 bits per heavy atom. The fraction of sp³-hybridized carbons (Fsp3) is 0.333. The summed E-state index contributed by atoms with van der Waals surface area (Å²) in [4.78, 5) is 21.2. The van der Waals surface area contributed by atoms with Gasteiger partial charge in [0.2, 0.25) is 5.91 Å². The largest absolute Gasteiger partial charge is 0.311 e. The van der Waals surface area contributed by atoms with E-state index in [2.05, 4.69) is 41.2 Å². The standard InChI is InChI=1S/C18H19N5O/c1-18(2,3)23-17-13(10-21-23)12(9-15(24)22-17)11-5-4-6-14-16(11)20-8-7-19-14/h4-8,10,12H,9H2,1-3H3,(H,22,24)/t12-/m1/s1. The molecule has 24 heavy (non-hydrogen) atoms. The molecule has 0 saturated carbocycles. The highest BCUT2D eigenvalue weighted by molar-refractivity contribution is 5.95. The molecule has 0 bridgehead atoms. The van der Waals surface area contributed by atoms with Crippen LogP contribution in [0.1, 0.15) is 44.2 Å². The zero-order valence-electron chi connectivity index (χ0n) is 13.9. The van der Waals surface area contributed by atoms with Crippen molar-refractivity contribution in [2.24, 2.45) is 0 Å². The summed E-state index contributed by atoms with van der Waals surface area (Å²) in [5, 5.41) is 7.51. The lowest BCUT2D eigenvalue weighted by atomic mass is 9.86. The Balaban J connectivity index is 1.92. The van der Waals surface area contributed by atoms with E-state index >= 15 is 0 Å². The molecule has 3 aromatic rings. The highest BCUT2D eigenvalue weighted by atomic mass is 16.1. The smallest absolute Gasteiger partial charge is 0.226 e. The Morgan fingerprint density at radius 3 is 2.75 bits per heavy atom. The van der Waals surface area contributed by atoms with Crippen molar-refractivity contribution in [1.29, 1.82) is 0 Å². The predicted octanol–water partition coefficient (Wildman–Crippen LogP) is 3.06. The second-order valence-corrected chi connectivity index (χ2v) is 7.11. The lowest BCUT2D eigenvalue weighted by molar-refractivity contribution is -0.116. The highest BCUT2D eigenvalue weighted by Gasteiger charge is 2.33. The van der Waals surface area contributed by atoms with Gasteiger partial charge in [-0.1, -0.05) is 12.1 Å². The molecule has 122 valence electrons. The molecule has 0 spiro atoms. The van der Waals surface area contributed by atoms with Crippen molar-refractivity contribution in [3.8, 4) is 0 Å². The Labute approximate surface area is 139 Å². The molecule has 1 aliphatic heterocycles. The van der Waals surface area contributed by atoms with Gasteiger partial charge in [0.25, 0.3) is 0 Å². The van der Waals surface area contributed by atoms with Gasteiger partial charge in [-0.15, -0.1) is 0 Å². The summed E-state index contributed by atoms with van der Waals surface area (Å²) in [7, 11) is 0. The number of hydrogen-bond donors (Lipinski definition) is 1. The summed E-state index contributed by atoms with van der Waals surface area (Å²) in [6.07, 6.45) is 5.62. The van der Waals surface area contributed by atoms with Crippen LogP contribution in [0.3, 0.4) is 0 Å². The van der Waals surface area contributed by atoms with E-state index in [4.69, 9.17) is 0 Å². The summed E-state index contributed by atoms with van der Waals surface area (Å²) in [5.41, 5.74) is 3.52. The normalized spacial score (nSPS) is 17.6. The molecular formula is C18H19N5O. The van der Waals surface area contributed by atoms with Crippen molar-refractivity contribution < 1.29 is 4.79 Å². The third kappa shape index (κ3) is 2.26. The number of hydrogen-bond acceptors (Lipinski definition) is 4. The van der Waals surface area contributed by atoms with E-state index in [9.17, 15) is 4.79 Å². The lowest BCUT2D eigenvalue weighted by Crippen LogP contribution is -2.30. The first kappa shape index (κ1) is 14.8. The number of carbonyl (C=O) groups excluding carboxylic acids is 1. The second-order valence-electron chi connectivity index (χ2n) is 7.11. The van der Waals surface area contributed by atoms with Crippen LogP contribution in [-0.2, 0) is 10.3 Å². The topological polar surface area (TPSA) is 72.7 Å². The molecule has 1 aliphatic rings. The molecule has 6 nitrogen and oxygen atoms in total.